The number of rotatable bonds is 3. The summed E-state index contributed by atoms with van der Waals surface area (Å²) in [6.07, 6.45) is 2.94. The monoisotopic (exact) mass is 251 g/mol. The summed E-state index contributed by atoms with van der Waals surface area (Å²) in [7, 11) is 0. The van der Waals surface area contributed by atoms with Crippen molar-refractivity contribution in [3.8, 4) is 5.69 Å². The zero-order valence-electron chi connectivity index (χ0n) is 8.80. The van der Waals surface area contributed by atoms with Crippen molar-refractivity contribution in [2.45, 2.75) is 0 Å². The average Bonchev–Trinajstić information content (AvgIpc) is 2.82. The van der Waals surface area contributed by atoms with Gasteiger partial charge in [-0.1, -0.05) is 11.6 Å². The van der Waals surface area contributed by atoms with Gasteiger partial charge in [0.15, 0.2) is 0 Å². The van der Waals surface area contributed by atoms with Crippen LogP contribution in [0.5, 0.6) is 0 Å². The SMILES string of the molecule is NCC(=O)Nc1cc(Cl)ccc1-n1cncn1. The fourth-order valence-electron chi connectivity index (χ4n) is 1.34. The first-order chi connectivity index (χ1) is 8.20. The molecule has 1 heterocycles. The van der Waals surface area contributed by atoms with Gasteiger partial charge >= 0.3 is 0 Å². The summed E-state index contributed by atoms with van der Waals surface area (Å²) in [5.41, 5.74) is 6.46. The van der Waals surface area contributed by atoms with Crippen molar-refractivity contribution >= 4 is 23.2 Å². The minimum Gasteiger partial charge on any atom is -0.323 e. The molecule has 1 amide bonds. The summed E-state index contributed by atoms with van der Waals surface area (Å²) in [5.74, 6) is -0.298. The third-order valence-electron chi connectivity index (χ3n) is 2.08. The predicted molar refractivity (Wildman–Crippen MR) is 64.1 cm³/mol. The molecule has 2 aromatic rings. The number of halogens is 1. The van der Waals surface area contributed by atoms with E-state index in [1.165, 1.54) is 17.3 Å². The molecule has 88 valence electrons. The predicted octanol–water partition coefficient (Wildman–Crippen LogP) is 0.818. The van der Waals surface area contributed by atoms with E-state index in [0.29, 0.717) is 16.4 Å². The highest BCUT2D eigenvalue weighted by Gasteiger charge is 2.08. The molecule has 0 saturated heterocycles. The standard InChI is InChI=1S/C10H10ClN5O/c11-7-1-2-9(16-6-13-5-14-16)8(3-7)15-10(17)4-12/h1-3,5-6H,4,12H2,(H,15,17). The van der Waals surface area contributed by atoms with E-state index < -0.39 is 0 Å². The fourth-order valence-corrected chi connectivity index (χ4v) is 1.51. The van der Waals surface area contributed by atoms with Crippen molar-refractivity contribution in [1.82, 2.24) is 14.8 Å². The number of nitrogens with one attached hydrogen (secondary N) is 1. The van der Waals surface area contributed by atoms with Gasteiger partial charge in [0, 0.05) is 5.02 Å². The number of hydrogen-bond acceptors (Lipinski definition) is 4. The van der Waals surface area contributed by atoms with E-state index in [1.54, 1.807) is 18.2 Å². The zero-order chi connectivity index (χ0) is 12.3. The maximum Gasteiger partial charge on any atom is 0.238 e. The van der Waals surface area contributed by atoms with Crippen LogP contribution in [0.1, 0.15) is 0 Å². The van der Waals surface area contributed by atoms with Crippen molar-refractivity contribution in [2.75, 3.05) is 11.9 Å². The molecule has 7 heteroatoms. The lowest BCUT2D eigenvalue weighted by Crippen LogP contribution is -2.22. The van der Waals surface area contributed by atoms with Gasteiger partial charge in [-0.2, -0.15) is 5.10 Å². The molecule has 0 aliphatic carbocycles. The highest BCUT2D eigenvalue weighted by atomic mass is 35.5. The van der Waals surface area contributed by atoms with Crippen molar-refractivity contribution in [3.05, 3.63) is 35.9 Å². The van der Waals surface area contributed by atoms with Gasteiger partial charge in [-0.15, -0.1) is 0 Å². The molecule has 0 unspecified atom stereocenters. The average molecular weight is 252 g/mol. The highest BCUT2D eigenvalue weighted by molar-refractivity contribution is 6.31. The summed E-state index contributed by atoms with van der Waals surface area (Å²) in [4.78, 5) is 15.1. The van der Waals surface area contributed by atoms with Crippen LogP contribution in [0.15, 0.2) is 30.9 Å². The molecule has 0 aliphatic heterocycles. The van der Waals surface area contributed by atoms with Crippen molar-refractivity contribution in [2.24, 2.45) is 5.73 Å². The molecule has 1 aromatic carbocycles. The molecule has 0 spiro atoms. The van der Waals surface area contributed by atoms with E-state index in [-0.39, 0.29) is 12.5 Å². The van der Waals surface area contributed by atoms with E-state index >= 15 is 0 Å². The lowest BCUT2D eigenvalue weighted by molar-refractivity contribution is -0.114. The Morgan fingerprint density at radius 1 is 1.53 bits per heavy atom. The van der Waals surface area contributed by atoms with Crippen LogP contribution in [0.3, 0.4) is 0 Å². The Morgan fingerprint density at radius 2 is 2.35 bits per heavy atom. The van der Waals surface area contributed by atoms with E-state index in [4.69, 9.17) is 17.3 Å². The largest absolute Gasteiger partial charge is 0.323 e. The summed E-state index contributed by atoms with van der Waals surface area (Å²) in [6.45, 7) is -0.0939. The molecular formula is C10H10ClN5O. The van der Waals surface area contributed by atoms with Crippen LogP contribution in [0.25, 0.3) is 5.69 Å². The van der Waals surface area contributed by atoms with Crippen LogP contribution in [0.4, 0.5) is 5.69 Å². The highest BCUT2D eigenvalue weighted by Crippen LogP contribution is 2.23. The Morgan fingerprint density at radius 3 is 3.00 bits per heavy atom. The van der Waals surface area contributed by atoms with Gasteiger partial charge in [-0.25, -0.2) is 9.67 Å². The molecule has 3 N–H and O–H groups in total. The lowest BCUT2D eigenvalue weighted by atomic mass is 10.2. The number of nitrogens with two attached hydrogens (primary N) is 1. The van der Waals surface area contributed by atoms with Gasteiger partial charge in [0.25, 0.3) is 0 Å². The molecule has 1 aromatic heterocycles. The van der Waals surface area contributed by atoms with Crippen LogP contribution in [0, 0.1) is 0 Å². The van der Waals surface area contributed by atoms with E-state index in [0.717, 1.165) is 0 Å². The minimum atomic E-state index is -0.298. The van der Waals surface area contributed by atoms with Crippen LogP contribution < -0.4 is 11.1 Å². The smallest absolute Gasteiger partial charge is 0.238 e. The Labute approximate surface area is 102 Å². The van der Waals surface area contributed by atoms with E-state index in [1.807, 2.05) is 0 Å². The summed E-state index contributed by atoms with van der Waals surface area (Å²) >= 11 is 5.88. The summed E-state index contributed by atoms with van der Waals surface area (Å²) in [6, 6.07) is 5.08. The second-order valence-corrected chi connectivity index (χ2v) is 3.69. The van der Waals surface area contributed by atoms with Gasteiger partial charge in [-0.05, 0) is 18.2 Å². The van der Waals surface area contributed by atoms with Gasteiger partial charge < -0.3 is 11.1 Å². The molecule has 0 aliphatic rings. The summed E-state index contributed by atoms with van der Waals surface area (Å²) in [5, 5.41) is 7.16. The third-order valence-corrected chi connectivity index (χ3v) is 2.32. The fraction of sp³-hybridized carbons (Fsp3) is 0.100. The zero-order valence-corrected chi connectivity index (χ0v) is 9.55. The number of anilines is 1. The number of hydrogen-bond donors (Lipinski definition) is 2. The molecule has 0 radical (unpaired) electrons. The Bertz CT molecular complexity index is 525. The maximum atomic E-state index is 11.3. The summed E-state index contributed by atoms with van der Waals surface area (Å²) < 4.78 is 1.53. The molecule has 0 bridgehead atoms. The number of aromatic nitrogens is 3. The van der Waals surface area contributed by atoms with E-state index in [9.17, 15) is 4.79 Å². The number of nitrogens with zero attached hydrogens (tertiary/aromatic N) is 3. The van der Waals surface area contributed by atoms with Crippen LogP contribution >= 0.6 is 11.6 Å². The Balaban J connectivity index is 2.41. The molecule has 0 saturated carbocycles. The Hall–Kier alpha value is -1.92. The van der Waals surface area contributed by atoms with Gasteiger partial charge in [0.1, 0.15) is 12.7 Å². The number of carbonyl (C=O) groups excluding carboxylic acids is 1. The van der Waals surface area contributed by atoms with Crippen molar-refractivity contribution in [1.29, 1.82) is 0 Å². The first kappa shape index (κ1) is 11.6. The molecule has 6 nitrogen and oxygen atoms in total. The van der Waals surface area contributed by atoms with Crippen molar-refractivity contribution < 1.29 is 4.79 Å². The quantitative estimate of drug-likeness (QED) is 0.846. The third kappa shape index (κ3) is 2.61. The van der Waals surface area contributed by atoms with Crippen LogP contribution in [-0.2, 0) is 4.79 Å². The molecule has 2 rings (SSSR count). The topological polar surface area (TPSA) is 85.8 Å². The van der Waals surface area contributed by atoms with Crippen LogP contribution in [-0.4, -0.2) is 27.2 Å². The van der Waals surface area contributed by atoms with Gasteiger partial charge in [-0.3, -0.25) is 4.79 Å². The molecule has 0 fully saturated rings. The Kier molecular flexibility index (Phi) is 3.36. The van der Waals surface area contributed by atoms with Crippen LogP contribution in [0.2, 0.25) is 5.02 Å². The number of amides is 1. The number of benzene rings is 1. The second kappa shape index (κ2) is 4.94. The molecular weight excluding hydrogens is 242 g/mol. The lowest BCUT2D eigenvalue weighted by Gasteiger charge is -2.10. The normalized spacial score (nSPS) is 10.2. The molecule has 0 atom stereocenters. The molecule has 17 heavy (non-hydrogen) atoms. The second-order valence-electron chi connectivity index (χ2n) is 3.25. The van der Waals surface area contributed by atoms with E-state index in [2.05, 4.69) is 15.4 Å². The minimum absolute atomic E-state index is 0.0939. The maximum absolute atomic E-state index is 11.3. The van der Waals surface area contributed by atoms with Crippen molar-refractivity contribution in [3.63, 3.8) is 0 Å². The number of carbonyl (C=O) groups is 1. The first-order valence-corrected chi connectivity index (χ1v) is 5.23. The van der Waals surface area contributed by atoms with Gasteiger partial charge in [0.05, 0.1) is 17.9 Å². The van der Waals surface area contributed by atoms with Gasteiger partial charge in [0.2, 0.25) is 5.91 Å². The first-order valence-electron chi connectivity index (χ1n) is 4.85.